The Morgan fingerprint density at radius 2 is 2.00 bits per heavy atom. The van der Waals surface area contributed by atoms with Crippen molar-refractivity contribution >= 4 is 11.9 Å². The predicted molar refractivity (Wildman–Crippen MR) is 75.8 cm³/mol. The normalized spacial score (nSPS) is 19.9. The molecule has 0 bridgehead atoms. The van der Waals surface area contributed by atoms with E-state index in [0.29, 0.717) is 39.3 Å². The molecule has 0 spiro atoms. The van der Waals surface area contributed by atoms with Crippen molar-refractivity contribution < 1.29 is 28.5 Å². The van der Waals surface area contributed by atoms with Crippen LogP contribution in [0.25, 0.3) is 0 Å². The molecule has 1 aliphatic heterocycles. The van der Waals surface area contributed by atoms with Gasteiger partial charge >= 0.3 is 11.9 Å². The van der Waals surface area contributed by atoms with Gasteiger partial charge in [0, 0.05) is 26.2 Å². The van der Waals surface area contributed by atoms with Gasteiger partial charge in [0.25, 0.3) is 0 Å². The van der Waals surface area contributed by atoms with Gasteiger partial charge in [-0.05, 0) is 19.8 Å². The van der Waals surface area contributed by atoms with E-state index in [-0.39, 0.29) is 24.1 Å². The fraction of sp³-hybridized carbons (Fsp3) is 0.867. The minimum atomic E-state index is -0.269. The van der Waals surface area contributed by atoms with Gasteiger partial charge in [0.2, 0.25) is 0 Å². The van der Waals surface area contributed by atoms with Crippen LogP contribution in [0.4, 0.5) is 0 Å². The molecular weight excluding hydrogens is 276 g/mol. The van der Waals surface area contributed by atoms with Gasteiger partial charge in [-0.15, -0.1) is 0 Å². The van der Waals surface area contributed by atoms with Crippen molar-refractivity contribution in [2.75, 3.05) is 26.4 Å². The third-order valence-electron chi connectivity index (χ3n) is 3.20. The maximum absolute atomic E-state index is 11.1. The third kappa shape index (κ3) is 9.42. The SMILES string of the molecule is CC(=O)OC(C)CCOCCOCCC1CCCC(=O)O1. The zero-order valence-corrected chi connectivity index (χ0v) is 13.0. The van der Waals surface area contributed by atoms with E-state index in [9.17, 15) is 9.59 Å². The zero-order chi connectivity index (χ0) is 15.5. The number of hydrogen-bond acceptors (Lipinski definition) is 6. The second-order valence-corrected chi connectivity index (χ2v) is 5.23. The maximum atomic E-state index is 11.1. The van der Waals surface area contributed by atoms with Crippen molar-refractivity contribution in [1.82, 2.24) is 0 Å². The molecule has 2 unspecified atom stereocenters. The van der Waals surface area contributed by atoms with Crippen molar-refractivity contribution in [1.29, 1.82) is 0 Å². The van der Waals surface area contributed by atoms with E-state index in [1.165, 1.54) is 6.92 Å². The first-order valence-corrected chi connectivity index (χ1v) is 7.60. The highest BCUT2D eigenvalue weighted by Gasteiger charge is 2.19. The van der Waals surface area contributed by atoms with Crippen molar-refractivity contribution in [2.24, 2.45) is 0 Å². The van der Waals surface area contributed by atoms with Crippen LogP contribution in [-0.4, -0.2) is 50.6 Å². The zero-order valence-electron chi connectivity index (χ0n) is 13.0. The first-order chi connectivity index (χ1) is 10.1. The van der Waals surface area contributed by atoms with Crippen LogP contribution in [-0.2, 0) is 28.5 Å². The van der Waals surface area contributed by atoms with Gasteiger partial charge in [-0.2, -0.15) is 0 Å². The molecule has 0 aliphatic carbocycles. The molecule has 21 heavy (non-hydrogen) atoms. The highest BCUT2D eigenvalue weighted by atomic mass is 16.6. The first kappa shape index (κ1) is 17.9. The summed E-state index contributed by atoms with van der Waals surface area (Å²) in [5.41, 5.74) is 0. The molecule has 1 aliphatic rings. The van der Waals surface area contributed by atoms with Gasteiger partial charge in [0.15, 0.2) is 0 Å². The molecule has 2 atom stereocenters. The molecule has 6 nitrogen and oxygen atoms in total. The van der Waals surface area contributed by atoms with Crippen molar-refractivity contribution in [3.63, 3.8) is 0 Å². The van der Waals surface area contributed by atoms with Crippen molar-refractivity contribution in [3.05, 3.63) is 0 Å². The molecular formula is C15H26O6. The second-order valence-electron chi connectivity index (χ2n) is 5.23. The molecule has 0 radical (unpaired) electrons. The summed E-state index contributed by atoms with van der Waals surface area (Å²) in [6.07, 6.45) is 3.69. The van der Waals surface area contributed by atoms with E-state index < -0.39 is 0 Å². The molecule has 0 aromatic heterocycles. The molecule has 1 fully saturated rings. The summed E-state index contributed by atoms with van der Waals surface area (Å²) >= 11 is 0. The highest BCUT2D eigenvalue weighted by molar-refractivity contribution is 5.70. The lowest BCUT2D eigenvalue weighted by atomic mass is 10.1. The van der Waals surface area contributed by atoms with E-state index in [2.05, 4.69) is 0 Å². The predicted octanol–water partition coefficient (Wildman–Crippen LogP) is 1.85. The Hall–Kier alpha value is -1.14. The Bertz CT molecular complexity index is 317. The van der Waals surface area contributed by atoms with Crippen LogP contribution in [0, 0.1) is 0 Å². The Labute approximate surface area is 126 Å². The summed E-state index contributed by atoms with van der Waals surface area (Å²) < 4.78 is 21.0. The Morgan fingerprint density at radius 3 is 2.67 bits per heavy atom. The number of carbonyl (C=O) groups excluding carboxylic acids is 2. The molecule has 122 valence electrons. The molecule has 0 N–H and O–H groups in total. The van der Waals surface area contributed by atoms with Gasteiger partial charge in [-0.25, -0.2) is 0 Å². The van der Waals surface area contributed by atoms with Gasteiger partial charge in [-0.3, -0.25) is 9.59 Å². The molecule has 0 saturated carbocycles. The van der Waals surface area contributed by atoms with Gasteiger partial charge in [0.05, 0.1) is 26.4 Å². The fourth-order valence-corrected chi connectivity index (χ4v) is 2.11. The lowest BCUT2D eigenvalue weighted by Gasteiger charge is -2.21. The second kappa shape index (κ2) is 10.6. The minimum Gasteiger partial charge on any atom is -0.463 e. The first-order valence-electron chi connectivity index (χ1n) is 7.60. The number of cyclic esters (lactones) is 1. The van der Waals surface area contributed by atoms with E-state index in [1.54, 1.807) is 0 Å². The monoisotopic (exact) mass is 302 g/mol. The minimum absolute atomic E-state index is 0.0109. The summed E-state index contributed by atoms with van der Waals surface area (Å²) in [6, 6.07) is 0. The number of hydrogen-bond donors (Lipinski definition) is 0. The molecule has 1 rings (SSSR count). The van der Waals surface area contributed by atoms with Crippen LogP contribution in [0.5, 0.6) is 0 Å². The molecule has 0 aromatic rings. The van der Waals surface area contributed by atoms with Crippen LogP contribution in [0.2, 0.25) is 0 Å². The third-order valence-corrected chi connectivity index (χ3v) is 3.20. The molecule has 0 aromatic carbocycles. The Kier molecular flexibility index (Phi) is 9.01. The van der Waals surface area contributed by atoms with E-state index in [4.69, 9.17) is 18.9 Å². The van der Waals surface area contributed by atoms with Gasteiger partial charge < -0.3 is 18.9 Å². The number of rotatable bonds is 10. The summed E-state index contributed by atoms with van der Waals surface area (Å²) in [7, 11) is 0. The number of carbonyl (C=O) groups is 2. The standard InChI is InChI=1S/C15H26O6/c1-12(20-13(2)16)6-8-18-10-11-19-9-7-14-4-3-5-15(17)21-14/h12,14H,3-11H2,1-2H3. The molecule has 0 amide bonds. The molecule has 1 heterocycles. The van der Waals surface area contributed by atoms with Crippen LogP contribution in [0.1, 0.15) is 46.0 Å². The van der Waals surface area contributed by atoms with Crippen LogP contribution in [0.15, 0.2) is 0 Å². The Morgan fingerprint density at radius 1 is 1.29 bits per heavy atom. The van der Waals surface area contributed by atoms with Gasteiger partial charge in [-0.1, -0.05) is 0 Å². The Balaban J connectivity index is 1.86. The van der Waals surface area contributed by atoms with Crippen LogP contribution in [0.3, 0.4) is 0 Å². The van der Waals surface area contributed by atoms with Crippen LogP contribution < -0.4 is 0 Å². The number of ether oxygens (including phenoxy) is 4. The van der Waals surface area contributed by atoms with E-state index >= 15 is 0 Å². The topological polar surface area (TPSA) is 71.1 Å². The summed E-state index contributed by atoms with van der Waals surface area (Å²) in [6.45, 7) is 5.38. The van der Waals surface area contributed by atoms with E-state index in [1.807, 2.05) is 6.92 Å². The number of esters is 2. The summed E-state index contributed by atoms with van der Waals surface area (Å²) in [5, 5.41) is 0. The highest BCUT2D eigenvalue weighted by Crippen LogP contribution is 2.16. The fourth-order valence-electron chi connectivity index (χ4n) is 2.11. The molecule has 6 heteroatoms. The van der Waals surface area contributed by atoms with Crippen LogP contribution >= 0.6 is 0 Å². The lowest BCUT2D eigenvalue weighted by molar-refractivity contribution is -0.154. The summed E-state index contributed by atoms with van der Waals surface area (Å²) in [5.74, 6) is -0.370. The average Bonchev–Trinajstić information content (AvgIpc) is 2.41. The van der Waals surface area contributed by atoms with E-state index in [0.717, 1.165) is 19.3 Å². The van der Waals surface area contributed by atoms with Gasteiger partial charge in [0.1, 0.15) is 12.2 Å². The smallest absolute Gasteiger partial charge is 0.306 e. The quantitative estimate of drug-likeness (QED) is 0.453. The average molecular weight is 302 g/mol. The maximum Gasteiger partial charge on any atom is 0.306 e. The van der Waals surface area contributed by atoms with Crippen molar-refractivity contribution in [2.45, 2.75) is 58.2 Å². The van der Waals surface area contributed by atoms with Crippen molar-refractivity contribution in [3.8, 4) is 0 Å². The lowest BCUT2D eigenvalue weighted by Crippen LogP contribution is -2.25. The summed E-state index contributed by atoms with van der Waals surface area (Å²) in [4.78, 5) is 21.8. The largest absolute Gasteiger partial charge is 0.463 e. The molecule has 1 saturated heterocycles.